The van der Waals surface area contributed by atoms with Gasteiger partial charge in [0.25, 0.3) is 0 Å². The molecule has 0 aliphatic carbocycles. The lowest BCUT2D eigenvalue weighted by Crippen LogP contribution is -2.24. The van der Waals surface area contributed by atoms with Gasteiger partial charge in [0.2, 0.25) is 5.91 Å². The van der Waals surface area contributed by atoms with Crippen LogP contribution in [0.1, 0.15) is 26.3 Å². The van der Waals surface area contributed by atoms with Crippen molar-refractivity contribution < 1.29 is 4.79 Å². The second-order valence-corrected chi connectivity index (χ2v) is 7.73. The summed E-state index contributed by atoms with van der Waals surface area (Å²) in [5, 5.41) is 2.49. The van der Waals surface area contributed by atoms with E-state index in [1.54, 1.807) is 18.0 Å². The van der Waals surface area contributed by atoms with E-state index < -0.39 is 0 Å². The lowest BCUT2D eigenvalue weighted by molar-refractivity contribution is -0.116. The Labute approximate surface area is 171 Å². The number of anilines is 1. The molecule has 1 amide bonds. The summed E-state index contributed by atoms with van der Waals surface area (Å²) in [6.45, 7) is 5.99. The van der Waals surface area contributed by atoms with E-state index in [0.29, 0.717) is 0 Å². The summed E-state index contributed by atoms with van der Waals surface area (Å²) in [6.07, 6.45) is 7.66. The van der Waals surface area contributed by atoms with E-state index in [-0.39, 0.29) is 11.3 Å². The van der Waals surface area contributed by atoms with Crippen molar-refractivity contribution in [3.8, 4) is 0 Å². The molecule has 0 bridgehead atoms. The predicted molar refractivity (Wildman–Crippen MR) is 122 cm³/mol. The Balaban J connectivity index is 1.59. The van der Waals surface area contributed by atoms with E-state index in [1.807, 2.05) is 48.6 Å². The first-order chi connectivity index (χ1) is 14.0. The number of carbonyl (C=O) groups is 1. The van der Waals surface area contributed by atoms with Gasteiger partial charge in [0.15, 0.2) is 0 Å². The van der Waals surface area contributed by atoms with Crippen molar-refractivity contribution in [2.75, 3.05) is 4.90 Å². The van der Waals surface area contributed by atoms with Crippen molar-refractivity contribution in [3.05, 3.63) is 96.7 Å². The van der Waals surface area contributed by atoms with Gasteiger partial charge in [-0.3, -0.25) is 14.7 Å². The molecule has 1 aliphatic rings. The lowest BCUT2D eigenvalue weighted by atomic mass is 9.79. The van der Waals surface area contributed by atoms with Crippen molar-refractivity contribution >= 4 is 33.8 Å². The van der Waals surface area contributed by atoms with Gasteiger partial charge in [0.05, 0.1) is 11.4 Å². The summed E-state index contributed by atoms with van der Waals surface area (Å²) in [4.78, 5) is 18.5. The molecular formula is C26H24N2O. The largest absolute Gasteiger partial charge is 0.288 e. The number of hydrogen-bond acceptors (Lipinski definition) is 2. The van der Waals surface area contributed by atoms with Crippen molar-refractivity contribution in [3.63, 3.8) is 0 Å². The molecule has 4 rings (SSSR count). The summed E-state index contributed by atoms with van der Waals surface area (Å²) < 4.78 is 0. The van der Waals surface area contributed by atoms with E-state index in [4.69, 9.17) is 4.99 Å². The SMILES string of the molecule is CC(=O)N(/C=C/C=C/C1=Nc2ccc3ccccc3c2C1(C)C)c1ccccc1. The van der Waals surface area contributed by atoms with Gasteiger partial charge in [-0.15, -0.1) is 0 Å². The van der Waals surface area contributed by atoms with Gasteiger partial charge >= 0.3 is 0 Å². The topological polar surface area (TPSA) is 32.7 Å². The molecule has 0 saturated carbocycles. The number of allylic oxidation sites excluding steroid dienone is 3. The number of aliphatic imine (C=N–C) groups is 1. The first-order valence-electron chi connectivity index (χ1n) is 9.79. The average Bonchev–Trinajstić information content (AvgIpc) is 2.98. The maximum Gasteiger partial charge on any atom is 0.227 e. The van der Waals surface area contributed by atoms with Crippen LogP contribution < -0.4 is 4.90 Å². The number of rotatable bonds is 4. The maximum absolute atomic E-state index is 12.0. The number of nitrogens with zero attached hydrogens (tertiary/aromatic N) is 2. The van der Waals surface area contributed by atoms with E-state index in [9.17, 15) is 4.79 Å². The fraction of sp³-hybridized carbons (Fsp3) is 0.154. The molecule has 0 fully saturated rings. The highest BCUT2D eigenvalue weighted by molar-refractivity contribution is 6.12. The molecule has 144 valence electrons. The summed E-state index contributed by atoms with van der Waals surface area (Å²) >= 11 is 0. The van der Waals surface area contributed by atoms with Gasteiger partial charge in [-0.25, -0.2) is 0 Å². The van der Waals surface area contributed by atoms with Crippen LogP contribution in [0.15, 0.2) is 96.2 Å². The second-order valence-electron chi connectivity index (χ2n) is 7.73. The quantitative estimate of drug-likeness (QED) is 0.487. The molecule has 0 aromatic heterocycles. The van der Waals surface area contributed by atoms with Crippen molar-refractivity contribution in [1.29, 1.82) is 0 Å². The summed E-state index contributed by atoms with van der Waals surface area (Å²) in [7, 11) is 0. The summed E-state index contributed by atoms with van der Waals surface area (Å²) in [6, 6.07) is 22.3. The minimum atomic E-state index is -0.180. The highest BCUT2D eigenvalue weighted by Crippen LogP contribution is 2.44. The Bertz CT molecular complexity index is 1150. The third-order valence-electron chi connectivity index (χ3n) is 5.39. The highest BCUT2D eigenvalue weighted by atomic mass is 16.2. The molecule has 3 heteroatoms. The number of carbonyl (C=O) groups excluding carboxylic acids is 1. The zero-order chi connectivity index (χ0) is 20.4. The number of hydrogen-bond donors (Lipinski definition) is 0. The fourth-order valence-electron chi connectivity index (χ4n) is 3.90. The van der Waals surface area contributed by atoms with Crippen LogP contribution >= 0.6 is 0 Å². The Morgan fingerprint density at radius 2 is 1.66 bits per heavy atom. The predicted octanol–water partition coefficient (Wildman–Crippen LogP) is 6.33. The van der Waals surface area contributed by atoms with E-state index in [2.05, 4.69) is 50.2 Å². The van der Waals surface area contributed by atoms with Crippen LogP contribution in [0.25, 0.3) is 10.8 Å². The molecule has 0 N–H and O–H groups in total. The summed E-state index contributed by atoms with van der Waals surface area (Å²) in [5.41, 5.74) is 3.99. The summed E-state index contributed by atoms with van der Waals surface area (Å²) in [5.74, 6) is -0.0294. The Hall–Kier alpha value is -3.46. The van der Waals surface area contributed by atoms with Gasteiger partial charge in [-0.1, -0.05) is 68.5 Å². The number of amides is 1. The standard InChI is InChI=1S/C26H24N2O/c1-19(29)28(21-12-5-4-6-13-21)18-10-9-15-24-26(2,3)25-22-14-8-7-11-20(22)16-17-23(25)27-24/h4-18H,1-3H3/b15-9+,18-10+. The lowest BCUT2D eigenvalue weighted by Gasteiger charge is -2.22. The molecule has 3 aromatic carbocycles. The van der Waals surface area contributed by atoms with Crippen LogP contribution in [-0.2, 0) is 10.2 Å². The Kier molecular flexibility index (Phi) is 4.89. The smallest absolute Gasteiger partial charge is 0.227 e. The van der Waals surface area contributed by atoms with Gasteiger partial charge in [-0.2, -0.15) is 0 Å². The van der Waals surface area contributed by atoms with E-state index in [1.165, 1.54) is 16.3 Å². The molecule has 3 nitrogen and oxygen atoms in total. The van der Waals surface area contributed by atoms with Crippen LogP contribution in [0.4, 0.5) is 11.4 Å². The first kappa shape index (κ1) is 18.9. The Morgan fingerprint density at radius 3 is 2.41 bits per heavy atom. The zero-order valence-electron chi connectivity index (χ0n) is 17.0. The molecule has 0 radical (unpaired) electrons. The van der Waals surface area contributed by atoms with Gasteiger partial charge in [0, 0.05) is 24.2 Å². The third-order valence-corrected chi connectivity index (χ3v) is 5.39. The molecule has 29 heavy (non-hydrogen) atoms. The molecule has 1 heterocycles. The maximum atomic E-state index is 12.0. The normalized spacial score (nSPS) is 15.1. The van der Waals surface area contributed by atoms with Gasteiger partial charge < -0.3 is 0 Å². The minimum absolute atomic E-state index is 0.0294. The van der Waals surface area contributed by atoms with Gasteiger partial charge in [-0.05, 0) is 46.7 Å². The van der Waals surface area contributed by atoms with Crippen LogP contribution in [0, 0.1) is 0 Å². The van der Waals surface area contributed by atoms with Crippen LogP contribution in [-0.4, -0.2) is 11.6 Å². The highest BCUT2D eigenvalue weighted by Gasteiger charge is 2.34. The van der Waals surface area contributed by atoms with Crippen LogP contribution in [0.3, 0.4) is 0 Å². The van der Waals surface area contributed by atoms with Crippen molar-refractivity contribution in [2.45, 2.75) is 26.2 Å². The van der Waals surface area contributed by atoms with Crippen LogP contribution in [0.2, 0.25) is 0 Å². The molecule has 1 aliphatic heterocycles. The number of para-hydroxylation sites is 1. The monoisotopic (exact) mass is 380 g/mol. The number of fused-ring (bicyclic) bond motifs is 3. The van der Waals surface area contributed by atoms with E-state index >= 15 is 0 Å². The minimum Gasteiger partial charge on any atom is -0.288 e. The Morgan fingerprint density at radius 1 is 0.931 bits per heavy atom. The molecule has 0 spiro atoms. The van der Waals surface area contributed by atoms with Crippen molar-refractivity contribution in [1.82, 2.24) is 0 Å². The molecule has 0 saturated heterocycles. The molecular weight excluding hydrogens is 356 g/mol. The molecule has 0 atom stereocenters. The second kappa shape index (κ2) is 7.51. The first-order valence-corrected chi connectivity index (χ1v) is 9.79. The molecule has 0 unspecified atom stereocenters. The van der Waals surface area contributed by atoms with Gasteiger partial charge in [0.1, 0.15) is 0 Å². The van der Waals surface area contributed by atoms with Crippen molar-refractivity contribution in [2.24, 2.45) is 4.99 Å². The zero-order valence-corrected chi connectivity index (χ0v) is 17.0. The fourth-order valence-corrected chi connectivity index (χ4v) is 3.90. The number of benzene rings is 3. The van der Waals surface area contributed by atoms with Crippen LogP contribution in [0.5, 0.6) is 0 Å². The van der Waals surface area contributed by atoms with E-state index in [0.717, 1.165) is 17.1 Å². The molecule has 3 aromatic rings. The third kappa shape index (κ3) is 3.52. The average molecular weight is 380 g/mol.